The lowest BCUT2D eigenvalue weighted by atomic mass is 10.1. The Labute approximate surface area is 87.7 Å². The summed E-state index contributed by atoms with van der Waals surface area (Å²) >= 11 is 0. The van der Waals surface area contributed by atoms with E-state index in [9.17, 15) is 4.79 Å². The lowest BCUT2D eigenvalue weighted by molar-refractivity contribution is 0.0947. The maximum absolute atomic E-state index is 11.8. The first kappa shape index (κ1) is 8.53. The highest BCUT2D eigenvalue weighted by Crippen LogP contribution is 2.27. The molecular formula is C12H12N2O. The number of benzene rings is 1. The van der Waals surface area contributed by atoms with Gasteiger partial charge in [0.2, 0.25) is 0 Å². The molecule has 1 amide bonds. The van der Waals surface area contributed by atoms with Gasteiger partial charge < -0.3 is 9.88 Å². The van der Waals surface area contributed by atoms with Crippen LogP contribution < -0.4 is 5.32 Å². The van der Waals surface area contributed by atoms with Crippen LogP contribution in [-0.4, -0.2) is 17.0 Å². The number of nitrogens with one attached hydrogen (secondary N) is 1. The smallest absolute Gasteiger partial charge is 0.253 e. The van der Waals surface area contributed by atoms with Crippen LogP contribution >= 0.6 is 0 Å². The van der Waals surface area contributed by atoms with Crippen molar-refractivity contribution < 1.29 is 4.79 Å². The van der Waals surface area contributed by atoms with Crippen LogP contribution in [0.4, 0.5) is 0 Å². The van der Waals surface area contributed by atoms with Gasteiger partial charge in [0.15, 0.2) is 0 Å². The molecule has 3 heteroatoms. The summed E-state index contributed by atoms with van der Waals surface area (Å²) in [5, 5.41) is 3.95. The molecule has 15 heavy (non-hydrogen) atoms. The number of carbonyl (C=O) groups excluding carboxylic acids is 1. The number of rotatable bonds is 0. The summed E-state index contributed by atoms with van der Waals surface area (Å²) in [7, 11) is 2.03. The first-order valence-corrected chi connectivity index (χ1v) is 5.13. The summed E-state index contributed by atoms with van der Waals surface area (Å²) in [6, 6.07) is 8.05. The van der Waals surface area contributed by atoms with Crippen molar-refractivity contribution in [2.45, 2.75) is 6.42 Å². The molecule has 3 rings (SSSR count). The van der Waals surface area contributed by atoms with Crippen molar-refractivity contribution in [1.82, 2.24) is 9.88 Å². The van der Waals surface area contributed by atoms with Crippen LogP contribution in [-0.2, 0) is 13.5 Å². The first-order chi connectivity index (χ1) is 7.29. The van der Waals surface area contributed by atoms with Gasteiger partial charge in [0.25, 0.3) is 5.91 Å². The van der Waals surface area contributed by atoms with E-state index in [1.165, 1.54) is 0 Å². The van der Waals surface area contributed by atoms with Gasteiger partial charge in [-0.2, -0.15) is 0 Å². The molecule has 0 unspecified atom stereocenters. The second kappa shape index (κ2) is 2.86. The van der Waals surface area contributed by atoms with Gasteiger partial charge in [-0.1, -0.05) is 18.2 Å². The topological polar surface area (TPSA) is 34.0 Å². The van der Waals surface area contributed by atoms with Crippen molar-refractivity contribution >= 4 is 16.8 Å². The summed E-state index contributed by atoms with van der Waals surface area (Å²) in [6.45, 7) is 0.746. The predicted octanol–water partition coefficient (Wildman–Crippen LogP) is 1.46. The summed E-state index contributed by atoms with van der Waals surface area (Å²) in [4.78, 5) is 11.8. The average molecular weight is 200 g/mol. The Balaban J connectivity index is 2.46. The zero-order chi connectivity index (χ0) is 10.4. The summed E-state index contributed by atoms with van der Waals surface area (Å²) < 4.78 is 2.13. The van der Waals surface area contributed by atoms with Crippen LogP contribution in [0.1, 0.15) is 16.1 Å². The standard InChI is InChI=1S/C12H12N2O/c1-14-9-5-3-2-4-8(9)11-10(14)6-7-13-12(11)15/h2-5H,6-7H2,1H3,(H,13,15). The Kier molecular flexibility index (Phi) is 1.63. The monoisotopic (exact) mass is 200 g/mol. The molecule has 1 N–H and O–H groups in total. The highest BCUT2D eigenvalue weighted by atomic mass is 16.1. The quantitative estimate of drug-likeness (QED) is 0.686. The number of amides is 1. The van der Waals surface area contributed by atoms with Gasteiger partial charge in [0.1, 0.15) is 0 Å². The number of aryl methyl sites for hydroxylation is 1. The second-order valence-corrected chi connectivity index (χ2v) is 3.90. The maximum Gasteiger partial charge on any atom is 0.253 e. The highest BCUT2D eigenvalue weighted by Gasteiger charge is 2.23. The van der Waals surface area contributed by atoms with Crippen molar-refractivity contribution in [3.05, 3.63) is 35.5 Å². The molecule has 1 aromatic heterocycles. The molecule has 0 atom stereocenters. The lowest BCUT2D eigenvalue weighted by Gasteiger charge is -2.14. The number of aromatic nitrogens is 1. The summed E-state index contributed by atoms with van der Waals surface area (Å²) in [5.74, 6) is 0.0630. The number of carbonyl (C=O) groups is 1. The molecule has 0 aliphatic carbocycles. The molecule has 0 bridgehead atoms. The third-order valence-electron chi connectivity index (χ3n) is 3.10. The molecule has 2 heterocycles. The average Bonchev–Trinajstić information content (AvgIpc) is 2.55. The van der Waals surface area contributed by atoms with E-state index < -0.39 is 0 Å². The van der Waals surface area contributed by atoms with Crippen LogP contribution in [0, 0.1) is 0 Å². The number of para-hydroxylation sites is 1. The first-order valence-electron chi connectivity index (χ1n) is 5.13. The van der Waals surface area contributed by atoms with Crippen molar-refractivity contribution in [2.75, 3.05) is 6.54 Å². The van der Waals surface area contributed by atoms with Gasteiger partial charge >= 0.3 is 0 Å². The van der Waals surface area contributed by atoms with E-state index in [1.54, 1.807) is 0 Å². The Bertz CT molecular complexity index is 554. The molecule has 76 valence electrons. The molecule has 1 aromatic carbocycles. The number of hydrogen-bond donors (Lipinski definition) is 1. The summed E-state index contributed by atoms with van der Waals surface area (Å²) in [6.07, 6.45) is 0.923. The van der Waals surface area contributed by atoms with E-state index in [1.807, 2.05) is 25.2 Å². The van der Waals surface area contributed by atoms with E-state index >= 15 is 0 Å². The van der Waals surface area contributed by atoms with Crippen LogP contribution in [0.3, 0.4) is 0 Å². The minimum atomic E-state index is 0.0630. The summed E-state index contributed by atoms with van der Waals surface area (Å²) in [5.41, 5.74) is 3.15. The van der Waals surface area contributed by atoms with Crippen LogP contribution in [0.25, 0.3) is 10.9 Å². The molecule has 0 fully saturated rings. The van der Waals surface area contributed by atoms with Crippen molar-refractivity contribution in [3.8, 4) is 0 Å². The van der Waals surface area contributed by atoms with E-state index in [0.717, 1.165) is 35.1 Å². The zero-order valence-electron chi connectivity index (χ0n) is 8.58. The third-order valence-corrected chi connectivity index (χ3v) is 3.10. The lowest BCUT2D eigenvalue weighted by Crippen LogP contribution is -2.32. The zero-order valence-corrected chi connectivity index (χ0v) is 8.58. The SMILES string of the molecule is Cn1c2c(c3ccccc31)C(=O)NCC2. The van der Waals surface area contributed by atoms with Crippen LogP contribution in [0.5, 0.6) is 0 Å². The van der Waals surface area contributed by atoms with Gasteiger partial charge in [-0.05, 0) is 6.07 Å². The fourth-order valence-electron chi connectivity index (χ4n) is 2.37. The Hall–Kier alpha value is -1.77. The molecule has 0 spiro atoms. The highest BCUT2D eigenvalue weighted by molar-refractivity contribution is 6.09. The van der Waals surface area contributed by atoms with E-state index in [2.05, 4.69) is 16.0 Å². The minimum Gasteiger partial charge on any atom is -0.352 e. The Morgan fingerprint density at radius 1 is 1.33 bits per heavy atom. The predicted molar refractivity (Wildman–Crippen MR) is 59.0 cm³/mol. The van der Waals surface area contributed by atoms with Gasteiger partial charge in [-0.3, -0.25) is 4.79 Å². The minimum absolute atomic E-state index is 0.0630. The number of fused-ring (bicyclic) bond motifs is 3. The molecule has 1 aliphatic heterocycles. The second-order valence-electron chi connectivity index (χ2n) is 3.90. The number of hydrogen-bond acceptors (Lipinski definition) is 1. The van der Waals surface area contributed by atoms with Crippen molar-refractivity contribution in [2.24, 2.45) is 7.05 Å². The van der Waals surface area contributed by atoms with Gasteiger partial charge in [-0.25, -0.2) is 0 Å². The fraction of sp³-hybridized carbons (Fsp3) is 0.250. The molecule has 2 aromatic rings. The largest absolute Gasteiger partial charge is 0.352 e. The fourth-order valence-corrected chi connectivity index (χ4v) is 2.37. The molecule has 0 saturated carbocycles. The van der Waals surface area contributed by atoms with E-state index in [0.29, 0.717) is 0 Å². The normalized spacial score (nSPS) is 15.1. The van der Waals surface area contributed by atoms with Crippen molar-refractivity contribution in [1.29, 1.82) is 0 Å². The maximum atomic E-state index is 11.8. The molecule has 0 radical (unpaired) electrons. The Morgan fingerprint density at radius 2 is 2.13 bits per heavy atom. The Morgan fingerprint density at radius 3 is 3.00 bits per heavy atom. The molecule has 0 saturated heterocycles. The van der Waals surface area contributed by atoms with Gasteiger partial charge in [-0.15, -0.1) is 0 Å². The van der Waals surface area contributed by atoms with Crippen molar-refractivity contribution in [3.63, 3.8) is 0 Å². The molecule has 1 aliphatic rings. The van der Waals surface area contributed by atoms with Gasteiger partial charge in [0.05, 0.1) is 5.56 Å². The van der Waals surface area contributed by atoms with E-state index in [-0.39, 0.29) is 5.91 Å². The molecular weight excluding hydrogens is 188 g/mol. The van der Waals surface area contributed by atoms with Crippen LogP contribution in [0.15, 0.2) is 24.3 Å². The number of nitrogens with zero attached hydrogens (tertiary/aromatic N) is 1. The van der Waals surface area contributed by atoms with Gasteiger partial charge in [0, 0.05) is 36.6 Å². The van der Waals surface area contributed by atoms with E-state index in [4.69, 9.17) is 0 Å². The molecule has 3 nitrogen and oxygen atoms in total. The van der Waals surface area contributed by atoms with Crippen LogP contribution in [0.2, 0.25) is 0 Å². The third kappa shape index (κ3) is 1.03.